The van der Waals surface area contributed by atoms with Crippen molar-refractivity contribution in [3.05, 3.63) is 45.4 Å². The maximum Gasteiger partial charge on any atom is 0.134 e. The summed E-state index contributed by atoms with van der Waals surface area (Å²) in [6.45, 7) is 0. The van der Waals surface area contributed by atoms with E-state index in [1.54, 1.807) is 18.4 Å². The third-order valence-corrected chi connectivity index (χ3v) is 4.81. The molecular formula is C17H16N2OS. The van der Waals surface area contributed by atoms with E-state index in [0.29, 0.717) is 5.57 Å². The first-order valence-corrected chi connectivity index (χ1v) is 7.86. The second-order valence-electron chi connectivity index (χ2n) is 5.04. The molecule has 0 saturated heterocycles. The predicted molar refractivity (Wildman–Crippen MR) is 85.2 cm³/mol. The minimum absolute atomic E-state index is 0.638. The van der Waals surface area contributed by atoms with Crippen molar-refractivity contribution in [2.24, 2.45) is 0 Å². The van der Waals surface area contributed by atoms with Crippen molar-refractivity contribution in [3.8, 4) is 11.8 Å². The summed E-state index contributed by atoms with van der Waals surface area (Å²) >= 11 is 1.67. The fourth-order valence-electron chi connectivity index (χ4n) is 2.48. The molecule has 0 bridgehead atoms. The molecule has 1 aliphatic carbocycles. The predicted octanol–water partition coefficient (Wildman–Crippen LogP) is 4.09. The number of allylic oxidation sites excluding steroid dienone is 1. The first-order chi connectivity index (χ1) is 10.3. The molecular weight excluding hydrogens is 280 g/mol. The zero-order valence-corrected chi connectivity index (χ0v) is 12.7. The van der Waals surface area contributed by atoms with Crippen LogP contribution < -0.4 is 4.74 Å². The van der Waals surface area contributed by atoms with E-state index in [-0.39, 0.29) is 0 Å². The van der Waals surface area contributed by atoms with E-state index in [9.17, 15) is 5.26 Å². The van der Waals surface area contributed by atoms with Gasteiger partial charge in [-0.25, -0.2) is 4.98 Å². The van der Waals surface area contributed by atoms with Crippen LogP contribution in [0.2, 0.25) is 0 Å². The third kappa shape index (κ3) is 2.98. The Kier molecular flexibility index (Phi) is 4.03. The number of ether oxygens (including phenoxy) is 1. The molecule has 0 spiro atoms. The summed E-state index contributed by atoms with van der Waals surface area (Å²) in [6.07, 6.45) is 6.49. The molecule has 1 aromatic heterocycles. The molecule has 106 valence electrons. The number of hydrogen-bond donors (Lipinski definition) is 0. The monoisotopic (exact) mass is 296 g/mol. The van der Waals surface area contributed by atoms with Crippen molar-refractivity contribution >= 4 is 23.0 Å². The number of rotatable bonds is 3. The van der Waals surface area contributed by atoms with Gasteiger partial charge < -0.3 is 4.74 Å². The Labute approximate surface area is 128 Å². The topological polar surface area (TPSA) is 45.9 Å². The average molecular weight is 296 g/mol. The lowest BCUT2D eigenvalue weighted by molar-refractivity contribution is 0.415. The number of aromatic nitrogens is 1. The van der Waals surface area contributed by atoms with E-state index in [1.807, 2.05) is 30.3 Å². The lowest BCUT2D eigenvalue weighted by Gasteiger charge is -2.06. The Morgan fingerprint density at radius 1 is 1.29 bits per heavy atom. The summed E-state index contributed by atoms with van der Waals surface area (Å²) in [5.74, 6) is 0.815. The summed E-state index contributed by atoms with van der Waals surface area (Å²) < 4.78 is 5.14. The molecule has 21 heavy (non-hydrogen) atoms. The van der Waals surface area contributed by atoms with Gasteiger partial charge in [0.2, 0.25) is 0 Å². The largest absolute Gasteiger partial charge is 0.497 e. The van der Waals surface area contributed by atoms with Gasteiger partial charge in [-0.05, 0) is 49.5 Å². The maximum absolute atomic E-state index is 9.43. The molecule has 1 aliphatic rings. The molecule has 0 saturated carbocycles. The Morgan fingerprint density at radius 2 is 2.05 bits per heavy atom. The van der Waals surface area contributed by atoms with Gasteiger partial charge in [0.25, 0.3) is 0 Å². The van der Waals surface area contributed by atoms with Crippen molar-refractivity contribution in [2.45, 2.75) is 25.7 Å². The highest BCUT2D eigenvalue weighted by atomic mass is 32.1. The number of fused-ring (bicyclic) bond motifs is 1. The molecule has 1 heterocycles. The first-order valence-electron chi connectivity index (χ1n) is 7.05. The van der Waals surface area contributed by atoms with Crippen LogP contribution in [0.1, 0.15) is 34.0 Å². The fourth-order valence-corrected chi connectivity index (χ4v) is 3.59. The van der Waals surface area contributed by atoms with Gasteiger partial charge >= 0.3 is 0 Å². The summed E-state index contributed by atoms with van der Waals surface area (Å²) in [4.78, 5) is 6.01. The van der Waals surface area contributed by atoms with E-state index in [0.717, 1.165) is 29.2 Å². The Hall–Kier alpha value is -2.12. The molecule has 0 amide bonds. The standard InChI is InChI=1S/C17H16N2OS/c1-20-14-8-6-12(7-9-14)10-13(11-18)17-19-15-4-2-3-5-16(15)21-17/h6-10H,2-5H2,1H3/b13-10+. The zero-order valence-electron chi connectivity index (χ0n) is 11.9. The van der Waals surface area contributed by atoms with Crippen molar-refractivity contribution in [3.63, 3.8) is 0 Å². The van der Waals surface area contributed by atoms with Crippen LogP contribution in [0.25, 0.3) is 11.6 Å². The van der Waals surface area contributed by atoms with Gasteiger partial charge in [0.15, 0.2) is 0 Å². The number of nitriles is 1. The molecule has 3 rings (SSSR count). The Morgan fingerprint density at radius 3 is 2.71 bits per heavy atom. The lowest BCUT2D eigenvalue weighted by Crippen LogP contribution is -1.99. The van der Waals surface area contributed by atoms with Gasteiger partial charge in [0.1, 0.15) is 16.8 Å². The first kappa shape index (κ1) is 13.8. The van der Waals surface area contributed by atoms with E-state index < -0.39 is 0 Å². The minimum Gasteiger partial charge on any atom is -0.497 e. The van der Waals surface area contributed by atoms with Crippen molar-refractivity contribution < 1.29 is 4.74 Å². The molecule has 0 fully saturated rings. The molecule has 3 nitrogen and oxygen atoms in total. The minimum atomic E-state index is 0.638. The SMILES string of the molecule is COc1ccc(/C=C(\C#N)c2nc3c(s2)CCCC3)cc1. The molecule has 0 aliphatic heterocycles. The van der Waals surface area contributed by atoms with E-state index in [2.05, 4.69) is 11.1 Å². The molecule has 0 unspecified atom stereocenters. The number of thiazole rings is 1. The Bertz CT molecular complexity index is 684. The summed E-state index contributed by atoms with van der Waals surface area (Å²) in [5.41, 5.74) is 2.82. The lowest BCUT2D eigenvalue weighted by atomic mass is 10.0. The van der Waals surface area contributed by atoms with Gasteiger partial charge in [-0.1, -0.05) is 12.1 Å². The number of aryl methyl sites for hydroxylation is 2. The number of benzene rings is 1. The van der Waals surface area contributed by atoms with E-state index in [4.69, 9.17) is 4.74 Å². The van der Waals surface area contributed by atoms with Gasteiger partial charge in [0, 0.05) is 4.88 Å². The highest BCUT2D eigenvalue weighted by Gasteiger charge is 2.17. The number of hydrogen-bond acceptors (Lipinski definition) is 4. The highest BCUT2D eigenvalue weighted by molar-refractivity contribution is 7.13. The van der Waals surface area contributed by atoms with Gasteiger partial charge in [0.05, 0.1) is 18.4 Å². The molecule has 2 aromatic rings. The summed E-state index contributed by atoms with van der Waals surface area (Å²) in [6, 6.07) is 9.97. The van der Waals surface area contributed by atoms with Crippen LogP contribution in [0.4, 0.5) is 0 Å². The van der Waals surface area contributed by atoms with Gasteiger partial charge in [-0.2, -0.15) is 5.26 Å². The van der Waals surface area contributed by atoms with E-state index >= 15 is 0 Å². The van der Waals surface area contributed by atoms with E-state index in [1.165, 1.54) is 23.4 Å². The van der Waals surface area contributed by atoms with Crippen LogP contribution in [0.3, 0.4) is 0 Å². The van der Waals surface area contributed by atoms with Crippen molar-refractivity contribution in [1.82, 2.24) is 4.98 Å². The van der Waals surface area contributed by atoms with Gasteiger partial charge in [-0.15, -0.1) is 11.3 Å². The summed E-state index contributed by atoms with van der Waals surface area (Å²) in [7, 11) is 1.64. The molecule has 4 heteroatoms. The fraction of sp³-hybridized carbons (Fsp3) is 0.294. The van der Waals surface area contributed by atoms with Gasteiger partial charge in [-0.3, -0.25) is 0 Å². The second kappa shape index (κ2) is 6.11. The van der Waals surface area contributed by atoms with Crippen LogP contribution in [-0.4, -0.2) is 12.1 Å². The van der Waals surface area contributed by atoms with Crippen LogP contribution in [0, 0.1) is 11.3 Å². The number of methoxy groups -OCH3 is 1. The van der Waals surface area contributed by atoms with Crippen molar-refractivity contribution in [1.29, 1.82) is 5.26 Å². The molecule has 0 atom stereocenters. The molecule has 1 aromatic carbocycles. The van der Waals surface area contributed by atoms with Crippen LogP contribution in [-0.2, 0) is 12.8 Å². The smallest absolute Gasteiger partial charge is 0.134 e. The second-order valence-corrected chi connectivity index (χ2v) is 6.12. The van der Waals surface area contributed by atoms with Crippen LogP contribution in [0.15, 0.2) is 24.3 Å². The molecule has 0 N–H and O–H groups in total. The maximum atomic E-state index is 9.43. The van der Waals surface area contributed by atoms with Crippen LogP contribution in [0.5, 0.6) is 5.75 Å². The van der Waals surface area contributed by atoms with Crippen LogP contribution >= 0.6 is 11.3 Å². The molecule has 0 radical (unpaired) electrons. The number of nitrogens with zero attached hydrogens (tertiary/aromatic N) is 2. The third-order valence-electron chi connectivity index (χ3n) is 3.62. The van der Waals surface area contributed by atoms with Crippen molar-refractivity contribution in [2.75, 3.05) is 7.11 Å². The summed E-state index contributed by atoms with van der Waals surface area (Å²) in [5, 5.41) is 10.3. The normalized spacial score (nSPS) is 14.4. The highest BCUT2D eigenvalue weighted by Crippen LogP contribution is 2.31. The Balaban J connectivity index is 1.91. The zero-order chi connectivity index (χ0) is 14.7. The quantitative estimate of drug-likeness (QED) is 0.801. The average Bonchev–Trinajstić information content (AvgIpc) is 2.97.